The van der Waals surface area contributed by atoms with Gasteiger partial charge in [0.25, 0.3) is 5.56 Å². The minimum Gasteiger partial charge on any atom is -0.367 e. The minimum atomic E-state index is -2.34. The molecule has 0 saturated heterocycles. The molecule has 1 aliphatic carbocycles. The van der Waals surface area contributed by atoms with Crippen molar-refractivity contribution in [3.05, 3.63) is 65.5 Å². The summed E-state index contributed by atoms with van der Waals surface area (Å²) < 4.78 is 13.6. The van der Waals surface area contributed by atoms with E-state index in [1.165, 1.54) is 6.07 Å². The first-order valence-electron chi connectivity index (χ1n) is 9.93. The topological polar surface area (TPSA) is 102 Å². The first kappa shape index (κ1) is 20.3. The number of anilines is 2. The molecular weight excluding hydrogens is 399 g/mol. The highest BCUT2D eigenvalue weighted by molar-refractivity contribution is 7.70. The summed E-state index contributed by atoms with van der Waals surface area (Å²) >= 11 is 0. The van der Waals surface area contributed by atoms with E-state index >= 15 is 0 Å². The van der Waals surface area contributed by atoms with Gasteiger partial charge in [0.1, 0.15) is 13.0 Å². The van der Waals surface area contributed by atoms with Crippen molar-refractivity contribution in [1.29, 1.82) is 0 Å². The molecule has 0 radical (unpaired) electrons. The lowest BCUT2D eigenvalue weighted by Gasteiger charge is -2.16. The Morgan fingerprint density at radius 3 is 2.33 bits per heavy atom. The van der Waals surface area contributed by atoms with Gasteiger partial charge in [0.05, 0.1) is 11.9 Å². The van der Waals surface area contributed by atoms with E-state index in [0.29, 0.717) is 17.3 Å². The summed E-state index contributed by atoms with van der Waals surface area (Å²) in [6.45, 7) is 3.43. The van der Waals surface area contributed by atoms with Crippen molar-refractivity contribution < 1.29 is 4.57 Å². The van der Waals surface area contributed by atoms with E-state index in [9.17, 15) is 9.36 Å². The fourth-order valence-electron chi connectivity index (χ4n) is 3.56. The van der Waals surface area contributed by atoms with Crippen molar-refractivity contribution >= 4 is 24.2 Å². The molecular formula is C21H25N6O2P. The molecule has 9 heteroatoms. The van der Waals surface area contributed by atoms with E-state index in [0.717, 1.165) is 30.8 Å². The molecule has 2 N–H and O–H groups in total. The smallest absolute Gasteiger partial charge is 0.255 e. The maximum Gasteiger partial charge on any atom is 0.255 e. The lowest BCUT2D eigenvalue weighted by atomic mass is 10.2. The summed E-state index contributed by atoms with van der Waals surface area (Å²) in [5.41, 5.74) is 0.655. The van der Waals surface area contributed by atoms with Gasteiger partial charge in [-0.05, 0) is 50.8 Å². The van der Waals surface area contributed by atoms with Gasteiger partial charge in [0, 0.05) is 42.0 Å². The predicted molar refractivity (Wildman–Crippen MR) is 120 cm³/mol. The third-order valence-electron chi connectivity index (χ3n) is 5.23. The molecule has 2 atom stereocenters. The number of nitrogens with zero attached hydrogens (tertiary/aromatic N) is 4. The Morgan fingerprint density at radius 2 is 1.70 bits per heavy atom. The van der Waals surface area contributed by atoms with E-state index < -0.39 is 7.14 Å². The quantitative estimate of drug-likeness (QED) is 0.587. The highest BCUT2D eigenvalue weighted by Crippen LogP contribution is 2.33. The minimum absolute atomic E-state index is 0.0827. The second kappa shape index (κ2) is 8.40. The van der Waals surface area contributed by atoms with Crippen LogP contribution < -0.4 is 21.5 Å². The Hall–Kier alpha value is -2.99. The van der Waals surface area contributed by atoms with Crippen LogP contribution in [0.3, 0.4) is 0 Å². The number of hydrogen-bond donors (Lipinski definition) is 2. The number of hydrogen-bond acceptors (Lipinski definition) is 7. The summed E-state index contributed by atoms with van der Waals surface area (Å²) in [6.07, 6.45) is 9.65. The molecule has 156 valence electrons. The normalized spacial score (nSPS) is 18.9. The summed E-state index contributed by atoms with van der Waals surface area (Å²) in [7, 11) is -2.34. The Morgan fingerprint density at radius 1 is 0.967 bits per heavy atom. The highest BCUT2D eigenvalue weighted by atomic mass is 31.2. The number of aromatic nitrogens is 4. The van der Waals surface area contributed by atoms with Crippen molar-refractivity contribution in [2.45, 2.75) is 31.3 Å². The van der Waals surface area contributed by atoms with Crippen LogP contribution in [0.25, 0.3) is 5.69 Å². The molecule has 1 aliphatic rings. The SMILES string of the molecule is CP(C)(=O)c1cnc(N[C@H]2CC[C@H](Nc3ccc(-n4ccccc4=O)cn3)C2)nc1. The molecule has 0 aromatic carbocycles. The molecule has 3 heterocycles. The fraction of sp³-hybridized carbons (Fsp3) is 0.333. The molecule has 0 aliphatic heterocycles. The van der Waals surface area contributed by atoms with Crippen molar-refractivity contribution in [2.75, 3.05) is 24.0 Å². The summed E-state index contributed by atoms with van der Waals surface area (Å²) in [5, 5.41) is 7.51. The van der Waals surface area contributed by atoms with Gasteiger partial charge in [0.2, 0.25) is 5.95 Å². The number of pyridine rings is 2. The molecule has 0 spiro atoms. The maximum absolute atomic E-state index is 12.1. The van der Waals surface area contributed by atoms with Gasteiger partial charge >= 0.3 is 0 Å². The standard InChI is InChI=1S/C21H25N6O2P/c1-30(2,29)18-13-23-21(24-14-18)26-16-7-6-15(11-16)25-19-9-8-17(12-22-19)27-10-4-3-5-20(27)28/h3-5,8-10,12-16H,6-7,11H2,1-2H3,(H,22,25)(H,23,24,26)/t15-,16-/m0/s1. The van der Waals surface area contributed by atoms with Crippen LogP contribution in [0.5, 0.6) is 0 Å². The van der Waals surface area contributed by atoms with Crippen molar-refractivity contribution in [1.82, 2.24) is 19.5 Å². The Labute approximate surface area is 175 Å². The zero-order valence-corrected chi connectivity index (χ0v) is 17.9. The zero-order valence-electron chi connectivity index (χ0n) is 17.0. The highest BCUT2D eigenvalue weighted by Gasteiger charge is 2.25. The first-order chi connectivity index (χ1) is 14.4. The average molecular weight is 424 g/mol. The fourth-order valence-corrected chi connectivity index (χ4v) is 4.24. The lowest BCUT2D eigenvalue weighted by molar-refractivity contribution is 0.588. The Kier molecular flexibility index (Phi) is 5.68. The van der Waals surface area contributed by atoms with Crippen molar-refractivity contribution in [3.8, 4) is 5.69 Å². The van der Waals surface area contributed by atoms with Crippen LogP contribution in [0, 0.1) is 0 Å². The van der Waals surface area contributed by atoms with Crippen LogP contribution in [0.15, 0.2) is 59.9 Å². The van der Waals surface area contributed by atoms with E-state index in [1.807, 2.05) is 18.2 Å². The monoisotopic (exact) mass is 424 g/mol. The maximum atomic E-state index is 12.1. The van der Waals surface area contributed by atoms with E-state index in [1.54, 1.807) is 48.8 Å². The van der Waals surface area contributed by atoms with E-state index in [-0.39, 0.29) is 11.6 Å². The predicted octanol–water partition coefficient (Wildman–Crippen LogP) is 2.72. The van der Waals surface area contributed by atoms with Gasteiger partial charge in [-0.1, -0.05) is 6.07 Å². The van der Waals surface area contributed by atoms with Crippen LogP contribution >= 0.6 is 7.14 Å². The zero-order chi connectivity index (χ0) is 21.1. The summed E-state index contributed by atoms with van der Waals surface area (Å²) in [5.74, 6) is 1.35. The molecule has 3 aromatic heterocycles. The number of rotatable bonds is 6. The largest absolute Gasteiger partial charge is 0.367 e. The lowest BCUT2D eigenvalue weighted by Crippen LogP contribution is -2.22. The van der Waals surface area contributed by atoms with E-state index in [2.05, 4.69) is 25.6 Å². The molecule has 3 aromatic rings. The molecule has 1 saturated carbocycles. The Balaban J connectivity index is 1.33. The third kappa shape index (κ3) is 4.76. The molecule has 0 unspecified atom stereocenters. The Bertz CT molecular complexity index is 1110. The van der Waals surface area contributed by atoms with Crippen LogP contribution in [0.2, 0.25) is 0 Å². The van der Waals surface area contributed by atoms with Crippen LogP contribution in [0.4, 0.5) is 11.8 Å². The number of nitrogens with one attached hydrogen (secondary N) is 2. The van der Waals surface area contributed by atoms with Gasteiger partial charge in [-0.2, -0.15) is 0 Å². The second-order valence-corrected chi connectivity index (χ2v) is 11.1. The van der Waals surface area contributed by atoms with E-state index in [4.69, 9.17) is 0 Å². The molecule has 1 fully saturated rings. The third-order valence-corrected chi connectivity index (χ3v) is 6.70. The molecule has 8 nitrogen and oxygen atoms in total. The molecule has 4 rings (SSSR count). The van der Waals surface area contributed by atoms with Gasteiger partial charge in [-0.3, -0.25) is 9.36 Å². The van der Waals surface area contributed by atoms with Gasteiger partial charge in [-0.15, -0.1) is 0 Å². The van der Waals surface area contributed by atoms with Crippen molar-refractivity contribution in [2.24, 2.45) is 0 Å². The van der Waals surface area contributed by atoms with Crippen LogP contribution in [0.1, 0.15) is 19.3 Å². The van der Waals surface area contributed by atoms with Gasteiger partial charge in [0.15, 0.2) is 0 Å². The van der Waals surface area contributed by atoms with Crippen molar-refractivity contribution in [3.63, 3.8) is 0 Å². The average Bonchev–Trinajstić information content (AvgIpc) is 3.15. The van der Waals surface area contributed by atoms with Crippen LogP contribution in [-0.2, 0) is 4.57 Å². The molecule has 0 bridgehead atoms. The van der Waals surface area contributed by atoms with Crippen LogP contribution in [-0.4, -0.2) is 44.9 Å². The summed E-state index contributed by atoms with van der Waals surface area (Å²) in [6, 6.07) is 9.41. The van der Waals surface area contributed by atoms with Gasteiger partial charge < -0.3 is 15.2 Å². The molecule has 30 heavy (non-hydrogen) atoms. The first-order valence-corrected chi connectivity index (χ1v) is 12.5. The molecule has 0 amide bonds. The van der Waals surface area contributed by atoms with Gasteiger partial charge in [-0.25, -0.2) is 15.0 Å². The summed E-state index contributed by atoms with van der Waals surface area (Å²) in [4.78, 5) is 25.0. The second-order valence-electron chi connectivity index (χ2n) is 7.92.